The average Bonchev–Trinajstić information content (AvgIpc) is 2.50. The summed E-state index contributed by atoms with van der Waals surface area (Å²) in [7, 11) is 3.36. The number of nitrogens with one attached hydrogen (secondary N) is 1. The van der Waals surface area contributed by atoms with Crippen molar-refractivity contribution in [3.63, 3.8) is 0 Å². The molecule has 0 radical (unpaired) electrons. The van der Waals surface area contributed by atoms with Crippen LogP contribution in [0.2, 0.25) is 0 Å². The summed E-state index contributed by atoms with van der Waals surface area (Å²) in [6.45, 7) is 6.00. The van der Waals surface area contributed by atoms with E-state index >= 15 is 0 Å². The molecule has 0 unspecified atom stereocenters. The van der Waals surface area contributed by atoms with Crippen LogP contribution in [-0.2, 0) is 5.41 Å². The smallest absolute Gasteiger partial charge is 0.321 e. The zero-order chi connectivity index (χ0) is 11.6. The maximum atomic E-state index is 11.4. The Hall–Kier alpha value is -1.52. The lowest BCUT2D eigenvalue weighted by atomic mass is 9.92. The highest BCUT2D eigenvalue weighted by atomic mass is 16.5. The van der Waals surface area contributed by atoms with Gasteiger partial charge in [0, 0.05) is 19.5 Å². The summed E-state index contributed by atoms with van der Waals surface area (Å²) in [5.74, 6) is 0.678. The highest BCUT2D eigenvalue weighted by Gasteiger charge is 2.24. The average molecular weight is 211 g/mol. The van der Waals surface area contributed by atoms with Crippen LogP contribution in [0.25, 0.3) is 0 Å². The molecule has 0 saturated heterocycles. The van der Waals surface area contributed by atoms with Gasteiger partial charge in [-0.2, -0.15) is 0 Å². The predicted molar refractivity (Wildman–Crippen MR) is 57.9 cm³/mol. The second kappa shape index (κ2) is 3.92. The molecule has 1 aromatic heterocycles. The third-order valence-electron chi connectivity index (χ3n) is 1.90. The topological polar surface area (TPSA) is 58.4 Å². The second-order valence-electron chi connectivity index (χ2n) is 4.64. The minimum atomic E-state index is -0.191. The summed E-state index contributed by atoms with van der Waals surface area (Å²) in [5, 5.41) is 6.42. The lowest BCUT2D eigenvalue weighted by Crippen LogP contribution is -2.28. The van der Waals surface area contributed by atoms with E-state index in [-0.39, 0.29) is 11.4 Å². The van der Waals surface area contributed by atoms with Crippen LogP contribution in [-0.4, -0.2) is 30.2 Å². The van der Waals surface area contributed by atoms with Gasteiger partial charge in [0.2, 0.25) is 0 Å². The number of hydrogen-bond donors (Lipinski definition) is 1. The van der Waals surface area contributed by atoms with Gasteiger partial charge in [-0.1, -0.05) is 25.9 Å². The van der Waals surface area contributed by atoms with E-state index in [1.165, 1.54) is 11.1 Å². The molecule has 0 atom stereocenters. The number of carbonyl (C=O) groups is 1. The first kappa shape index (κ1) is 11.6. The van der Waals surface area contributed by atoms with Crippen LogP contribution in [0.4, 0.5) is 10.5 Å². The zero-order valence-electron chi connectivity index (χ0n) is 9.79. The quantitative estimate of drug-likeness (QED) is 0.773. The van der Waals surface area contributed by atoms with E-state index in [1.807, 2.05) is 20.8 Å². The van der Waals surface area contributed by atoms with E-state index in [0.29, 0.717) is 11.4 Å². The maximum absolute atomic E-state index is 11.4. The van der Waals surface area contributed by atoms with E-state index in [9.17, 15) is 4.79 Å². The van der Waals surface area contributed by atoms with Gasteiger partial charge in [0.1, 0.15) is 5.69 Å². The van der Waals surface area contributed by atoms with Crippen molar-refractivity contribution in [3.05, 3.63) is 12.0 Å². The molecule has 5 heteroatoms. The maximum Gasteiger partial charge on any atom is 0.321 e. The molecule has 0 saturated carbocycles. The molecule has 0 fully saturated rings. The van der Waals surface area contributed by atoms with E-state index < -0.39 is 0 Å². The molecule has 0 bridgehead atoms. The molecule has 2 amide bonds. The van der Waals surface area contributed by atoms with Gasteiger partial charge in [-0.05, 0) is 0 Å². The molecule has 5 nitrogen and oxygen atoms in total. The van der Waals surface area contributed by atoms with Gasteiger partial charge in [0.05, 0.1) is 6.20 Å². The normalized spacial score (nSPS) is 11.3. The molecular formula is C10H17N3O2. The Morgan fingerprint density at radius 1 is 1.47 bits per heavy atom. The van der Waals surface area contributed by atoms with Gasteiger partial charge in [-0.25, -0.2) is 4.79 Å². The SMILES string of the molecule is CN(C)C(=O)Nc1cnoc1C(C)(C)C. The summed E-state index contributed by atoms with van der Waals surface area (Å²) in [4.78, 5) is 12.9. The van der Waals surface area contributed by atoms with E-state index in [1.54, 1.807) is 14.1 Å². The largest absolute Gasteiger partial charge is 0.359 e. The molecule has 0 aliphatic carbocycles. The van der Waals surface area contributed by atoms with E-state index in [0.717, 1.165) is 0 Å². The van der Waals surface area contributed by atoms with Gasteiger partial charge < -0.3 is 14.7 Å². The number of rotatable bonds is 1. The monoisotopic (exact) mass is 211 g/mol. The molecular weight excluding hydrogens is 194 g/mol. The summed E-state index contributed by atoms with van der Waals surface area (Å²) in [6, 6.07) is -0.191. The molecule has 84 valence electrons. The lowest BCUT2D eigenvalue weighted by molar-refractivity contribution is 0.230. The van der Waals surface area contributed by atoms with Crippen LogP contribution in [0.1, 0.15) is 26.5 Å². The van der Waals surface area contributed by atoms with Crippen LogP contribution in [0, 0.1) is 0 Å². The first-order valence-electron chi connectivity index (χ1n) is 4.76. The summed E-state index contributed by atoms with van der Waals surface area (Å²) < 4.78 is 5.13. The zero-order valence-corrected chi connectivity index (χ0v) is 9.79. The molecule has 1 aromatic rings. The summed E-state index contributed by atoms with van der Waals surface area (Å²) >= 11 is 0. The third-order valence-corrected chi connectivity index (χ3v) is 1.90. The van der Waals surface area contributed by atoms with Crippen molar-refractivity contribution < 1.29 is 9.32 Å². The third kappa shape index (κ3) is 2.71. The fourth-order valence-corrected chi connectivity index (χ4v) is 1.10. The van der Waals surface area contributed by atoms with Crippen molar-refractivity contribution in [2.45, 2.75) is 26.2 Å². The number of amides is 2. The Morgan fingerprint density at radius 2 is 2.07 bits per heavy atom. The predicted octanol–water partition coefficient (Wildman–Crippen LogP) is 2.07. The number of nitrogens with zero attached hydrogens (tertiary/aromatic N) is 2. The van der Waals surface area contributed by atoms with Crippen LogP contribution >= 0.6 is 0 Å². The van der Waals surface area contributed by atoms with Gasteiger partial charge >= 0.3 is 6.03 Å². The number of urea groups is 1. The van der Waals surface area contributed by atoms with E-state index in [4.69, 9.17) is 4.52 Å². The Balaban J connectivity index is 2.88. The van der Waals surface area contributed by atoms with Crippen LogP contribution < -0.4 is 5.32 Å². The van der Waals surface area contributed by atoms with Crippen LogP contribution in [0.15, 0.2) is 10.7 Å². The number of aromatic nitrogens is 1. The number of hydrogen-bond acceptors (Lipinski definition) is 3. The van der Waals surface area contributed by atoms with Gasteiger partial charge in [-0.15, -0.1) is 0 Å². The number of anilines is 1. The fourth-order valence-electron chi connectivity index (χ4n) is 1.10. The fraction of sp³-hybridized carbons (Fsp3) is 0.600. The molecule has 1 N–H and O–H groups in total. The molecule has 1 rings (SSSR count). The first-order valence-corrected chi connectivity index (χ1v) is 4.76. The molecule has 0 aliphatic rings. The number of carbonyl (C=O) groups excluding carboxylic acids is 1. The van der Waals surface area contributed by atoms with Crippen LogP contribution in [0.3, 0.4) is 0 Å². The molecule has 15 heavy (non-hydrogen) atoms. The van der Waals surface area contributed by atoms with Crippen molar-refractivity contribution in [2.75, 3.05) is 19.4 Å². The Labute approximate surface area is 89.4 Å². The molecule has 0 aromatic carbocycles. The summed E-state index contributed by atoms with van der Waals surface area (Å²) in [6.07, 6.45) is 1.52. The Kier molecular flexibility index (Phi) is 3.02. The van der Waals surface area contributed by atoms with Gasteiger partial charge in [0.25, 0.3) is 0 Å². The highest BCUT2D eigenvalue weighted by Crippen LogP contribution is 2.29. The van der Waals surface area contributed by atoms with Crippen molar-refractivity contribution >= 4 is 11.7 Å². The molecule has 1 heterocycles. The van der Waals surface area contributed by atoms with E-state index in [2.05, 4.69) is 10.5 Å². The van der Waals surface area contributed by atoms with Crippen molar-refractivity contribution in [1.82, 2.24) is 10.1 Å². The lowest BCUT2D eigenvalue weighted by Gasteiger charge is -2.17. The standard InChI is InChI=1S/C10H17N3O2/c1-10(2,3)8-7(6-11-15-8)12-9(14)13(4)5/h6H,1-5H3,(H,12,14). The van der Waals surface area contributed by atoms with Crippen molar-refractivity contribution in [3.8, 4) is 0 Å². The molecule has 0 aliphatic heterocycles. The minimum absolute atomic E-state index is 0.175. The van der Waals surface area contributed by atoms with Crippen molar-refractivity contribution in [2.24, 2.45) is 0 Å². The first-order chi connectivity index (χ1) is 6.82. The van der Waals surface area contributed by atoms with Crippen LogP contribution in [0.5, 0.6) is 0 Å². The second-order valence-corrected chi connectivity index (χ2v) is 4.64. The van der Waals surface area contributed by atoms with Gasteiger partial charge in [0.15, 0.2) is 5.76 Å². The minimum Gasteiger partial charge on any atom is -0.359 e. The Bertz CT molecular complexity index is 350. The molecule has 0 spiro atoms. The highest BCUT2D eigenvalue weighted by molar-refractivity contribution is 5.89. The van der Waals surface area contributed by atoms with Gasteiger partial charge in [-0.3, -0.25) is 0 Å². The summed E-state index contributed by atoms with van der Waals surface area (Å²) in [5.41, 5.74) is 0.451. The van der Waals surface area contributed by atoms with Crippen molar-refractivity contribution in [1.29, 1.82) is 0 Å². The Morgan fingerprint density at radius 3 is 2.53 bits per heavy atom.